The Labute approximate surface area is 164 Å². The van der Waals surface area contributed by atoms with Crippen LogP contribution in [0.4, 0.5) is 10.5 Å². The minimum absolute atomic E-state index is 0.00353. The number of carbonyl (C=O) groups excluding carboxylic acids is 2. The van der Waals surface area contributed by atoms with Crippen LogP contribution in [0, 0.1) is 5.92 Å². The topological polar surface area (TPSA) is 96.3 Å². The van der Waals surface area contributed by atoms with Crippen LogP contribution in [0.15, 0.2) is 24.3 Å². The van der Waals surface area contributed by atoms with Crippen LogP contribution in [0.2, 0.25) is 0 Å². The summed E-state index contributed by atoms with van der Waals surface area (Å²) in [6.07, 6.45) is 6.25. The second-order valence-corrected chi connectivity index (χ2v) is 7.68. The standard InChI is InChI=1S/C21H26N4O3/c1-2-22-21(28)25-18(13-5-3-4-6-13)12-17(24-25)16-10-9-15(11-19(16)26)23-20(27)14-7-8-14/h9-14,26H,2-8H2,1H3,(H,22,28)(H,23,27). The molecular weight excluding hydrogens is 356 g/mol. The number of nitrogens with one attached hydrogen (secondary N) is 2. The van der Waals surface area contributed by atoms with Gasteiger partial charge >= 0.3 is 6.03 Å². The van der Waals surface area contributed by atoms with Gasteiger partial charge in [0.15, 0.2) is 0 Å². The Morgan fingerprint density at radius 1 is 1.18 bits per heavy atom. The predicted octanol–water partition coefficient (Wildman–Crippen LogP) is 3.84. The SMILES string of the molecule is CCNC(=O)n1nc(-c2ccc(NC(=O)C3CC3)cc2O)cc1C1CCCC1. The molecule has 3 N–H and O–H groups in total. The number of aromatic hydroxyl groups is 1. The fourth-order valence-electron chi connectivity index (χ4n) is 3.84. The third kappa shape index (κ3) is 3.74. The number of hydrogen-bond donors (Lipinski definition) is 3. The summed E-state index contributed by atoms with van der Waals surface area (Å²) in [6.45, 7) is 2.40. The molecule has 0 spiro atoms. The predicted molar refractivity (Wildman–Crippen MR) is 106 cm³/mol. The Bertz CT molecular complexity index is 895. The van der Waals surface area contributed by atoms with E-state index in [9.17, 15) is 14.7 Å². The molecule has 2 aliphatic rings. The lowest BCUT2D eigenvalue weighted by atomic mass is 10.0. The summed E-state index contributed by atoms with van der Waals surface area (Å²) in [5.41, 5.74) is 2.57. The first-order chi connectivity index (χ1) is 13.6. The van der Waals surface area contributed by atoms with Crippen LogP contribution in [0.3, 0.4) is 0 Å². The summed E-state index contributed by atoms with van der Waals surface area (Å²) in [7, 11) is 0. The van der Waals surface area contributed by atoms with Crippen LogP contribution in [0.5, 0.6) is 5.75 Å². The molecule has 0 unspecified atom stereocenters. The molecule has 2 saturated carbocycles. The second-order valence-electron chi connectivity index (χ2n) is 7.68. The summed E-state index contributed by atoms with van der Waals surface area (Å²) >= 11 is 0. The summed E-state index contributed by atoms with van der Waals surface area (Å²) in [4.78, 5) is 24.4. The van der Waals surface area contributed by atoms with Crippen LogP contribution >= 0.6 is 0 Å². The molecule has 0 radical (unpaired) electrons. The monoisotopic (exact) mass is 382 g/mol. The zero-order valence-corrected chi connectivity index (χ0v) is 16.1. The van der Waals surface area contributed by atoms with Crippen LogP contribution in [-0.4, -0.2) is 33.4 Å². The van der Waals surface area contributed by atoms with E-state index in [2.05, 4.69) is 15.7 Å². The molecule has 7 heteroatoms. The normalized spacial score (nSPS) is 16.9. The molecule has 0 saturated heterocycles. The molecule has 2 amide bonds. The van der Waals surface area contributed by atoms with Crippen molar-refractivity contribution < 1.29 is 14.7 Å². The minimum atomic E-state index is -0.247. The van der Waals surface area contributed by atoms with Crippen molar-refractivity contribution in [1.82, 2.24) is 15.1 Å². The number of phenols is 1. The molecule has 1 aromatic heterocycles. The van der Waals surface area contributed by atoms with E-state index in [4.69, 9.17) is 0 Å². The Hall–Kier alpha value is -2.83. The average molecular weight is 382 g/mol. The lowest BCUT2D eigenvalue weighted by Crippen LogP contribution is -2.30. The zero-order chi connectivity index (χ0) is 19.7. The highest BCUT2D eigenvalue weighted by atomic mass is 16.3. The van der Waals surface area contributed by atoms with Crippen LogP contribution in [0.25, 0.3) is 11.3 Å². The van der Waals surface area contributed by atoms with Gasteiger partial charge in [-0.15, -0.1) is 0 Å². The third-order valence-electron chi connectivity index (χ3n) is 5.52. The summed E-state index contributed by atoms with van der Waals surface area (Å²) in [5, 5.41) is 20.6. The largest absolute Gasteiger partial charge is 0.507 e. The van der Waals surface area contributed by atoms with E-state index in [1.165, 1.54) is 10.7 Å². The fraction of sp³-hybridized carbons (Fsp3) is 0.476. The van der Waals surface area contributed by atoms with E-state index in [1.807, 2.05) is 13.0 Å². The first kappa shape index (κ1) is 18.5. The number of carbonyl (C=O) groups is 2. The van der Waals surface area contributed by atoms with Crippen LogP contribution in [-0.2, 0) is 4.79 Å². The highest BCUT2D eigenvalue weighted by Gasteiger charge is 2.30. The number of aromatic nitrogens is 2. The van der Waals surface area contributed by atoms with Crippen molar-refractivity contribution in [2.75, 3.05) is 11.9 Å². The van der Waals surface area contributed by atoms with Gasteiger partial charge in [0.25, 0.3) is 0 Å². The molecule has 7 nitrogen and oxygen atoms in total. The molecule has 2 aromatic rings. The first-order valence-electron chi connectivity index (χ1n) is 10.1. The van der Waals surface area contributed by atoms with Gasteiger partial charge in [-0.25, -0.2) is 4.79 Å². The van der Waals surface area contributed by atoms with Gasteiger partial charge in [0.1, 0.15) is 5.75 Å². The number of benzene rings is 1. The van der Waals surface area contributed by atoms with Gasteiger partial charge in [-0.1, -0.05) is 12.8 Å². The Morgan fingerprint density at radius 3 is 2.57 bits per heavy atom. The van der Waals surface area contributed by atoms with Crippen molar-refractivity contribution in [3.63, 3.8) is 0 Å². The number of anilines is 1. The Kier molecular flexibility index (Phi) is 5.07. The molecule has 0 aliphatic heterocycles. The highest BCUT2D eigenvalue weighted by Crippen LogP contribution is 2.38. The number of amides is 2. The molecule has 148 valence electrons. The smallest absolute Gasteiger partial charge is 0.342 e. The molecule has 4 rings (SSSR count). The zero-order valence-electron chi connectivity index (χ0n) is 16.1. The van der Waals surface area contributed by atoms with Crippen molar-refractivity contribution in [2.45, 2.75) is 51.4 Å². The molecule has 2 fully saturated rings. The number of nitrogens with zero attached hydrogens (tertiary/aromatic N) is 2. The maximum atomic E-state index is 12.5. The highest BCUT2D eigenvalue weighted by molar-refractivity contribution is 5.94. The third-order valence-corrected chi connectivity index (χ3v) is 5.52. The lowest BCUT2D eigenvalue weighted by Gasteiger charge is -2.11. The van der Waals surface area contributed by atoms with Crippen LogP contribution in [0.1, 0.15) is 57.1 Å². The molecule has 2 aliphatic carbocycles. The van der Waals surface area contributed by atoms with E-state index in [1.54, 1.807) is 12.1 Å². The fourth-order valence-corrected chi connectivity index (χ4v) is 3.84. The van der Waals surface area contributed by atoms with Gasteiger partial charge in [0.2, 0.25) is 5.91 Å². The van der Waals surface area contributed by atoms with Gasteiger partial charge < -0.3 is 15.7 Å². The van der Waals surface area contributed by atoms with Gasteiger partial charge in [-0.2, -0.15) is 9.78 Å². The molecule has 1 aromatic carbocycles. The van der Waals surface area contributed by atoms with Crippen molar-refractivity contribution in [3.05, 3.63) is 30.0 Å². The molecule has 1 heterocycles. The van der Waals surface area contributed by atoms with Crippen LogP contribution < -0.4 is 10.6 Å². The quantitative estimate of drug-likeness (QED) is 0.732. The summed E-state index contributed by atoms with van der Waals surface area (Å²) in [6, 6.07) is 6.69. The molecule has 28 heavy (non-hydrogen) atoms. The van der Waals surface area contributed by atoms with E-state index in [0.29, 0.717) is 29.4 Å². The minimum Gasteiger partial charge on any atom is -0.507 e. The number of hydrogen-bond acceptors (Lipinski definition) is 4. The van der Waals surface area contributed by atoms with Gasteiger partial charge in [-0.05, 0) is 50.8 Å². The molecule has 0 atom stereocenters. The van der Waals surface area contributed by atoms with E-state index >= 15 is 0 Å². The van der Waals surface area contributed by atoms with E-state index in [-0.39, 0.29) is 23.6 Å². The van der Waals surface area contributed by atoms with Crippen molar-refractivity contribution in [2.24, 2.45) is 5.92 Å². The lowest BCUT2D eigenvalue weighted by molar-refractivity contribution is -0.117. The molecular formula is C21H26N4O3. The van der Waals surface area contributed by atoms with Crippen molar-refractivity contribution in [3.8, 4) is 17.0 Å². The first-order valence-corrected chi connectivity index (χ1v) is 10.1. The average Bonchev–Trinajstić information content (AvgIpc) is 3.21. The van der Waals surface area contributed by atoms with E-state index < -0.39 is 0 Å². The second kappa shape index (κ2) is 7.66. The van der Waals surface area contributed by atoms with Gasteiger partial charge in [0, 0.05) is 35.7 Å². The number of rotatable bonds is 5. The maximum absolute atomic E-state index is 12.5. The van der Waals surface area contributed by atoms with E-state index in [0.717, 1.165) is 44.2 Å². The number of phenolic OH excluding ortho intramolecular Hbond substituents is 1. The summed E-state index contributed by atoms with van der Waals surface area (Å²) < 4.78 is 1.44. The van der Waals surface area contributed by atoms with Gasteiger partial charge in [-0.3, -0.25) is 4.79 Å². The molecule has 0 bridgehead atoms. The maximum Gasteiger partial charge on any atom is 0.342 e. The Morgan fingerprint density at radius 2 is 1.93 bits per heavy atom. The van der Waals surface area contributed by atoms with Crippen molar-refractivity contribution >= 4 is 17.6 Å². The Balaban J connectivity index is 1.63. The van der Waals surface area contributed by atoms with Crippen molar-refractivity contribution in [1.29, 1.82) is 0 Å². The summed E-state index contributed by atoms with van der Waals surface area (Å²) in [5.74, 6) is 0.440. The van der Waals surface area contributed by atoms with Gasteiger partial charge in [0.05, 0.1) is 11.4 Å².